The Morgan fingerprint density at radius 3 is 2.80 bits per heavy atom. The van der Waals surface area contributed by atoms with Crippen molar-refractivity contribution in [2.24, 2.45) is 0 Å². The lowest BCUT2D eigenvalue weighted by Gasteiger charge is -2.23. The number of aliphatic hydroxyl groups is 1. The van der Waals surface area contributed by atoms with Crippen LogP contribution in [0.25, 0.3) is 0 Å². The highest BCUT2D eigenvalue weighted by Gasteiger charge is 2.20. The van der Waals surface area contributed by atoms with Gasteiger partial charge in [-0.05, 0) is 37.6 Å². The topological polar surface area (TPSA) is 69.8 Å². The van der Waals surface area contributed by atoms with Crippen LogP contribution in [0, 0.1) is 0 Å². The van der Waals surface area contributed by atoms with E-state index in [-0.39, 0.29) is 5.91 Å². The van der Waals surface area contributed by atoms with E-state index in [1.807, 2.05) is 29.0 Å². The number of rotatable bonds is 5. The van der Waals surface area contributed by atoms with Gasteiger partial charge in [-0.3, -0.25) is 9.69 Å². The Hall–Kier alpha value is -1.59. The van der Waals surface area contributed by atoms with Crippen molar-refractivity contribution in [3.63, 3.8) is 0 Å². The number of carbonyl (C=O) groups is 1. The second-order valence-electron chi connectivity index (χ2n) is 5.47. The zero-order chi connectivity index (χ0) is 14.5. The third kappa shape index (κ3) is 3.95. The molecule has 1 amide bonds. The lowest BCUT2D eigenvalue weighted by Crippen LogP contribution is -2.38. The predicted molar refractivity (Wildman–Crippen MR) is 79.1 cm³/mol. The highest BCUT2D eigenvalue weighted by molar-refractivity contribution is 5.78. The molecule has 1 aliphatic heterocycles. The molecule has 5 nitrogen and oxygen atoms in total. The summed E-state index contributed by atoms with van der Waals surface area (Å²) < 4.78 is 0. The predicted octanol–water partition coefficient (Wildman–Crippen LogP) is 0.856. The normalized spacial score (nSPS) is 16.6. The Bertz CT molecular complexity index is 458. The smallest absolute Gasteiger partial charge is 0.236 e. The van der Waals surface area contributed by atoms with Crippen LogP contribution in [0.1, 0.15) is 24.5 Å². The molecule has 1 aromatic carbocycles. The summed E-state index contributed by atoms with van der Waals surface area (Å²) in [5.41, 5.74) is 7.12. The second kappa shape index (κ2) is 6.72. The molecule has 0 aliphatic carbocycles. The summed E-state index contributed by atoms with van der Waals surface area (Å²) in [6.45, 7) is 2.50. The van der Waals surface area contributed by atoms with Gasteiger partial charge in [0, 0.05) is 25.3 Å². The number of hydrogen-bond acceptors (Lipinski definition) is 4. The number of anilines is 1. The molecule has 0 bridgehead atoms. The van der Waals surface area contributed by atoms with Gasteiger partial charge in [0.15, 0.2) is 0 Å². The number of nitrogen functional groups attached to an aromatic ring is 1. The van der Waals surface area contributed by atoms with E-state index in [9.17, 15) is 9.90 Å². The van der Waals surface area contributed by atoms with Crippen LogP contribution >= 0.6 is 0 Å². The van der Waals surface area contributed by atoms with Gasteiger partial charge >= 0.3 is 0 Å². The minimum Gasteiger partial charge on any atom is -0.399 e. The van der Waals surface area contributed by atoms with Gasteiger partial charge in [0.2, 0.25) is 5.91 Å². The second-order valence-corrected chi connectivity index (χ2v) is 5.47. The van der Waals surface area contributed by atoms with Crippen LogP contribution in [0.15, 0.2) is 24.3 Å². The fraction of sp³-hybridized carbons (Fsp3) is 0.533. The minimum absolute atomic E-state index is 0.143. The van der Waals surface area contributed by atoms with E-state index in [2.05, 4.69) is 0 Å². The number of carbonyl (C=O) groups excluding carboxylic acids is 1. The Morgan fingerprint density at radius 1 is 1.45 bits per heavy atom. The molecule has 1 atom stereocenters. The van der Waals surface area contributed by atoms with Gasteiger partial charge in [0.1, 0.15) is 0 Å². The summed E-state index contributed by atoms with van der Waals surface area (Å²) in [5.74, 6) is 0.143. The van der Waals surface area contributed by atoms with E-state index in [1.165, 1.54) is 0 Å². The maximum absolute atomic E-state index is 12.0. The molecule has 110 valence electrons. The average Bonchev–Trinajstić information content (AvgIpc) is 2.92. The molecule has 1 saturated heterocycles. The van der Waals surface area contributed by atoms with Crippen molar-refractivity contribution in [3.8, 4) is 0 Å². The third-order valence-corrected chi connectivity index (χ3v) is 3.64. The number of aliphatic hydroxyl groups excluding tert-OH is 1. The molecule has 5 heteroatoms. The quantitative estimate of drug-likeness (QED) is 0.783. The van der Waals surface area contributed by atoms with Crippen molar-refractivity contribution < 1.29 is 9.90 Å². The molecule has 0 spiro atoms. The zero-order valence-corrected chi connectivity index (χ0v) is 12.0. The minimum atomic E-state index is -0.630. The highest BCUT2D eigenvalue weighted by Crippen LogP contribution is 2.16. The molecule has 1 aromatic rings. The van der Waals surface area contributed by atoms with Gasteiger partial charge in [-0.2, -0.15) is 0 Å². The number of nitrogens with zero attached hydrogens (tertiary/aromatic N) is 2. The number of benzene rings is 1. The molecule has 1 aliphatic rings. The molecule has 1 unspecified atom stereocenters. The van der Waals surface area contributed by atoms with E-state index < -0.39 is 6.10 Å². The molecule has 0 radical (unpaired) electrons. The fourth-order valence-corrected chi connectivity index (χ4v) is 2.53. The monoisotopic (exact) mass is 277 g/mol. The number of amides is 1. The van der Waals surface area contributed by atoms with Crippen molar-refractivity contribution in [3.05, 3.63) is 29.8 Å². The largest absolute Gasteiger partial charge is 0.399 e. The molecule has 0 saturated carbocycles. The lowest BCUT2D eigenvalue weighted by molar-refractivity contribution is -0.131. The van der Waals surface area contributed by atoms with E-state index in [4.69, 9.17) is 5.73 Å². The van der Waals surface area contributed by atoms with Crippen LogP contribution in [-0.2, 0) is 4.79 Å². The van der Waals surface area contributed by atoms with Crippen LogP contribution in [0.5, 0.6) is 0 Å². The Labute approximate surface area is 120 Å². The van der Waals surface area contributed by atoms with Gasteiger partial charge < -0.3 is 15.7 Å². The first-order valence-corrected chi connectivity index (χ1v) is 7.06. The molecule has 1 fully saturated rings. The van der Waals surface area contributed by atoms with Gasteiger partial charge in [-0.15, -0.1) is 0 Å². The number of hydrogen-bond donors (Lipinski definition) is 2. The highest BCUT2D eigenvalue weighted by atomic mass is 16.3. The Balaban J connectivity index is 1.84. The first-order chi connectivity index (χ1) is 9.56. The summed E-state index contributed by atoms with van der Waals surface area (Å²) in [4.78, 5) is 15.8. The molecular formula is C15H23N3O2. The summed E-state index contributed by atoms with van der Waals surface area (Å²) in [6, 6.07) is 7.22. The molecule has 20 heavy (non-hydrogen) atoms. The molecule has 2 rings (SSSR count). The molecular weight excluding hydrogens is 254 g/mol. The summed E-state index contributed by atoms with van der Waals surface area (Å²) in [5, 5.41) is 10.2. The summed E-state index contributed by atoms with van der Waals surface area (Å²) in [7, 11) is 1.85. The van der Waals surface area contributed by atoms with Crippen molar-refractivity contribution in [2.45, 2.75) is 18.9 Å². The van der Waals surface area contributed by atoms with Crippen LogP contribution in [0.4, 0.5) is 5.69 Å². The van der Waals surface area contributed by atoms with Gasteiger partial charge in [0.05, 0.1) is 12.6 Å². The van der Waals surface area contributed by atoms with Crippen LogP contribution < -0.4 is 5.73 Å². The maximum atomic E-state index is 12.0. The van der Waals surface area contributed by atoms with E-state index >= 15 is 0 Å². The lowest BCUT2D eigenvalue weighted by atomic mass is 10.1. The fourth-order valence-electron chi connectivity index (χ4n) is 2.53. The van der Waals surface area contributed by atoms with Gasteiger partial charge in [0.25, 0.3) is 0 Å². The average molecular weight is 277 g/mol. The van der Waals surface area contributed by atoms with Crippen LogP contribution in [0.2, 0.25) is 0 Å². The zero-order valence-electron chi connectivity index (χ0n) is 12.0. The van der Waals surface area contributed by atoms with Crippen LogP contribution in [-0.4, -0.2) is 54.0 Å². The third-order valence-electron chi connectivity index (χ3n) is 3.64. The van der Waals surface area contributed by atoms with Gasteiger partial charge in [-0.1, -0.05) is 12.1 Å². The van der Waals surface area contributed by atoms with Crippen LogP contribution in [0.3, 0.4) is 0 Å². The Morgan fingerprint density at radius 2 is 2.15 bits per heavy atom. The van der Waals surface area contributed by atoms with Crippen molar-refractivity contribution >= 4 is 11.6 Å². The first-order valence-electron chi connectivity index (χ1n) is 7.06. The number of nitrogens with two attached hydrogens (primary N) is 1. The maximum Gasteiger partial charge on any atom is 0.236 e. The SMILES string of the molecule is CN(CC(=O)N1CCCC1)CC(O)c1cccc(N)c1. The molecule has 3 N–H and O–H groups in total. The summed E-state index contributed by atoms with van der Waals surface area (Å²) in [6.07, 6.45) is 1.57. The molecule has 0 aromatic heterocycles. The number of likely N-dealkylation sites (N-methyl/N-ethyl adjacent to an activating group) is 1. The van der Waals surface area contributed by atoms with E-state index in [1.54, 1.807) is 12.1 Å². The van der Waals surface area contributed by atoms with Crippen molar-refractivity contribution in [1.29, 1.82) is 0 Å². The van der Waals surface area contributed by atoms with Crippen molar-refractivity contribution in [1.82, 2.24) is 9.80 Å². The van der Waals surface area contributed by atoms with Crippen molar-refractivity contribution in [2.75, 3.05) is 39.0 Å². The number of likely N-dealkylation sites (tertiary alicyclic amines) is 1. The standard InChI is InChI=1S/C15H23N3O2/c1-17(11-15(20)18-7-2-3-8-18)10-14(19)12-5-4-6-13(16)9-12/h4-6,9,14,19H,2-3,7-8,10-11,16H2,1H3. The summed E-state index contributed by atoms with van der Waals surface area (Å²) >= 11 is 0. The first kappa shape index (κ1) is 14.8. The van der Waals surface area contributed by atoms with E-state index in [0.29, 0.717) is 18.8 Å². The Kier molecular flexibility index (Phi) is 4.98. The molecule has 1 heterocycles. The van der Waals surface area contributed by atoms with E-state index in [0.717, 1.165) is 31.5 Å². The van der Waals surface area contributed by atoms with Gasteiger partial charge in [-0.25, -0.2) is 0 Å².